The second kappa shape index (κ2) is 9.74. The molecule has 0 bridgehead atoms. The van der Waals surface area contributed by atoms with Crippen LogP contribution < -0.4 is 5.32 Å². The molecule has 3 atom stereocenters. The van der Waals surface area contributed by atoms with Gasteiger partial charge in [-0.1, -0.05) is 17.7 Å². The summed E-state index contributed by atoms with van der Waals surface area (Å²) in [5.41, 5.74) is -0.174. The van der Waals surface area contributed by atoms with Crippen molar-refractivity contribution in [3.05, 3.63) is 64.2 Å². The molecule has 1 heterocycles. The van der Waals surface area contributed by atoms with Gasteiger partial charge in [0.05, 0.1) is 22.1 Å². The Balaban J connectivity index is 1.84. The lowest BCUT2D eigenvalue weighted by atomic mass is 10.0. The fourth-order valence-corrected chi connectivity index (χ4v) is 4.61. The number of sulfone groups is 1. The van der Waals surface area contributed by atoms with E-state index in [-0.39, 0.29) is 22.6 Å². The molecule has 1 fully saturated rings. The molecule has 2 N–H and O–H groups in total. The number of benzene rings is 2. The number of hydrogen-bond donors (Lipinski definition) is 2. The van der Waals surface area contributed by atoms with E-state index in [1.54, 1.807) is 0 Å². The summed E-state index contributed by atoms with van der Waals surface area (Å²) in [4.78, 5) is 27.3. The molecular weight excluding hydrogens is 478 g/mol. The first kappa shape index (κ1) is 25.1. The number of carbonyl (C=O) groups is 2. The largest absolute Gasteiger partial charge is 0.391 e. The highest BCUT2D eigenvalue weighted by atomic mass is 35.5. The van der Waals surface area contributed by atoms with Crippen LogP contribution >= 0.6 is 11.6 Å². The van der Waals surface area contributed by atoms with Gasteiger partial charge in [0, 0.05) is 23.9 Å². The second-order valence-electron chi connectivity index (χ2n) is 7.97. The van der Waals surface area contributed by atoms with Gasteiger partial charge in [-0.05, 0) is 50.1 Å². The van der Waals surface area contributed by atoms with E-state index in [0.29, 0.717) is 12.8 Å². The Morgan fingerprint density at radius 2 is 1.91 bits per heavy atom. The molecule has 0 spiro atoms. The van der Waals surface area contributed by atoms with Crippen molar-refractivity contribution in [2.45, 2.75) is 42.8 Å². The Labute approximate surface area is 195 Å². The van der Waals surface area contributed by atoms with Crippen molar-refractivity contribution in [3.8, 4) is 0 Å². The van der Waals surface area contributed by atoms with Gasteiger partial charge in [0.1, 0.15) is 17.7 Å². The van der Waals surface area contributed by atoms with Crippen molar-refractivity contribution in [1.29, 1.82) is 0 Å². The predicted octanol–water partition coefficient (Wildman–Crippen LogP) is 2.86. The lowest BCUT2D eigenvalue weighted by Crippen LogP contribution is -2.48. The Bertz CT molecular complexity index is 1190. The third-order valence-electron chi connectivity index (χ3n) is 5.48. The SMILES string of the molecule is CC(O)C(NC(=O)[C@H]1CCCN1C(=O)c1cccc(S(C)(=O)=O)c1)c1cc(F)c(Cl)cc1F. The number of carbonyl (C=O) groups excluding carboxylic acids is 2. The van der Waals surface area contributed by atoms with Crippen LogP contribution in [0.2, 0.25) is 5.02 Å². The summed E-state index contributed by atoms with van der Waals surface area (Å²) in [5.74, 6) is -2.99. The van der Waals surface area contributed by atoms with Crippen LogP contribution in [-0.4, -0.2) is 55.2 Å². The molecule has 1 saturated heterocycles. The normalized spacial score (nSPS) is 18.1. The van der Waals surface area contributed by atoms with E-state index in [2.05, 4.69) is 5.32 Å². The third kappa shape index (κ3) is 5.51. The number of hydrogen-bond acceptors (Lipinski definition) is 5. The van der Waals surface area contributed by atoms with Gasteiger partial charge in [-0.25, -0.2) is 17.2 Å². The second-order valence-corrected chi connectivity index (χ2v) is 10.4. The predicted molar refractivity (Wildman–Crippen MR) is 118 cm³/mol. The number of aliphatic hydroxyl groups is 1. The third-order valence-corrected chi connectivity index (χ3v) is 6.88. The molecule has 33 heavy (non-hydrogen) atoms. The van der Waals surface area contributed by atoms with Crippen LogP contribution in [0.1, 0.15) is 41.7 Å². The molecule has 3 rings (SSSR count). The van der Waals surface area contributed by atoms with E-state index in [4.69, 9.17) is 11.6 Å². The highest BCUT2D eigenvalue weighted by molar-refractivity contribution is 7.90. The van der Waals surface area contributed by atoms with Crippen molar-refractivity contribution in [2.24, 2.45) is 0 Å². The van der Waals surface area contributed by atoms with Crippen molar-refractivity contribution in [1.82, 2.24) is 10.2 Å². The molecule has 1 aliphatic heterocycles. The maximum absolute atomic E-state index is 14.4. The maximum Gasteiger partial charge on any atom is 0.254 e. The number of nitrogens with zero attached hydrogens (tertiary/aromatic N) is 1. The zero-order valence-corrected chi connectivity index (χ0v) is 19.5. The Morgan fingerprint density at radius 3 is 2.55 bits per heavy atom. The molecule has 2 amide bonds. The van der Waals surface area contributed by atoms with Gasteiger partial charge < -0.3 is 15.3 Å². The highest BCUT2D eigenvalue weighted by Crippen LogP contribution is 2.28. The molecule has 0 aliphatic carbocycles. The fourth-order valence-electron chi connectivity index (χ4n) is 3.79. The van der Waals surface area contributed by atoms with E-state index < -0.39 is 56.5 Å². The number of aliphatic hydroxyl groups excluding tert-OH is 1. The summed E-state index contributed by atoms with van der Waals surface area (Å²) in [7, 11) is -3.53. The maximum atomic E-state index is 14.4. The summed E-state index contributed by atoms with van der Waals surface area (Å²) in [6.45, 7) is 1.56. The number of nitrogens with one attached hydrogen (secondary N) is 1. The molecule has 178 valence electrons. The van der Waals surface area contributed by atoms with Crippen molar-refractivity contribution in [3.63, 3.8) is 0 Å². The van der Waals surface area contributed by atoms with Crippen LogP contribution in [-0.2, 0) is 14.6 Å². The lowest BCUT2D eigenvalue weighted by molar-refractivity contribution is -0.126. The molecule has 0 saturated carbocycles. The van der Waals surface area contributed by atoms with Gasteiger partial charge in [0.2, 0.25) is 5.91 Å². The Kier molecular flexibility index (Phi) is 7.40. The summed E-state index contributed by atoms with van der Waals surface area (Å²) in [5, 5.41) is 12.2. The van der Waals surface area contributed by atoms with E-state index in [0.717, 1.165) is 18.4 Å². The molecule has 2 unspecified atom stereocenters. The summed E-state index contributed by atoms with van der Waals surface area (Å²) in [6.07, 6.45) is 0.574. The Morgan fingerprint density at radius 1 is 1.21 bits per heavy atom. The average Bonchev–Trinajstić information content (AvgIpc) is 3.23. The van der Waals surface area contributed by atoms with Gasteiger partial charge in [-0.2, -0.15) is 0 Å². The standard InChI is InChI=1S/C22H23ClF2N2O5S/c1-12(28)20(15-10-18(25)16(23)11-17(15)24)26-21(29)19-7-4-8-27(19)22(30)13-5-3-6-14(9-13)33(2,31)32/h3,5-6,9-12,19-20,28H,4,7-8H2,1-2H3,(H,26,29)/t12?,19-,20?/m1/s1. The van der Waals surface area contributed by atoms with E-state index in [1.165, 1.54) is 36.1 Å². The zero-order chi connectivity index (χ0) is 24.5. The minimum Gasteiger partial charge on any atom is -0.391 e. The van der Waals surface area contributed by atoms with Gasteiger partial charge in [-0.3, -0.25) is 9.59 Å². The van der Waals surface area contributed by atoms with Gasteiger partial charge >= 0.3 is 0 Å². The van der Waals surface area contributed by atoms with Gasteiger partial charge in [0.15, 0.2) is 9.84 Å². The molecule has 0 radical (unpaired) electrons. The molecular formula is C22H23ClF2N2O5S. The van der Waals surface area contributed by atoms with Crippen LogP contribution in [0, 0.1) is 11.6 Å². The average molecular weight is 501 g/mol. The van der Waals surface area contributed by atoms with Crippen LogP contribution in [0.5, 0.6) is 0 Å². The molecule has 0 aromatic heterocycles. The van der Waals surface area contributed by atoms with Crippen molar-refractivity contribution < 1.29 is 31.9 Å². The van der Waals surface area contributed by atoms with E-state index in [9.17, 15) is 31.9 Å². The number of amides is 2. The van der Waals surface area contributed by atoms with Crippen molar-refractivity contribution >= 4 is 33.3 Å². The van der Waals surface area contributed by atoms with Crippen LogP contribution in [0.3, 0.4) is 0 Å². The molecule has 1 aliphatic rings. The quantitative estimate of drug-likeness (QED) is 0.594. The van der Waals surface area contributed by atoms with E-state index in [1.807, 2.05) is 0 Å². The summed E-state index contributed by atoms with van der Waals surface area (Å²) < 4.78 is 51.9. The molecule has 2 aromatic carbocycles. The molecule has 2 aromatic rings. The van der Waals surface area contributed by atoms with Crippen LogP contribution in [0.25, 0.3) is 0 Å². The minimum atomic E-state index is -3.53. The van der Waals surface area contributed by atoms with Gasteiger partial charge in [-0.15, -0.1) is 0 Å². The molecule has 11 heteroatoms. The molecule has 7 nitrogen and oxygen atoms in total. The lowest BCUT2D eigenvalue weighted by Gasteiger charge is -2.28. The monoisotopic (exact) mass is 500 g/mol. The van der Waals surface area contributed by atoms with Crippen molar-refractivity contribution in [2.75, 3.05) is 12.8 Å². The van der Waals surface area contributed by atoms with Gasteiger partial charge in [0.25, 0.3) is 5.91 Å². The van der Waals surface area contributed by atoms with E-state index >= 15 is 0 Å². The van der Waals surface area contributed by atoms with Crippen LogP contribution in [0.15, 0.2) is 41.3 Å². The Hall–Kier alpha value is -2.56. The fraction of sp³-hybridized carbons (Fsp3) is 0.364. The first-order valence-electron chi connectivity index (χ1n) is 10.1. The minimum absolute atomic E-state index is 0.0250. The number of likely N-dealkylation sites (tertiary alicyclic amines) is 1. The summed E-state index contributed by atoms with van der Waals surface area (Å²) in [6, 6.07) is 4.86. The number of halogens is 3. The first-order chi connectivity index (χ1) is 15.4. The van der Waals surface area contributed by atoms with Crippen LogP contribution in [0.4, 0.5) is 8.78 Å². The number of rotatable bonds is 6. The highest BCUT2D eigenvalue weighted by Gasteiger charge is 2.37. The topological polar surface area (TPSA) is 104 Å². The zero-order valence-electron chi connectivity index (χ0n) is 17.9. The smallest absolute Gasteiger partial charge is 0.254 e. The first-order valence-corrected chi connectivity index (χ1v) is 12.4. The summed E-state index contributed by atoms with van der Waals surface area (Å²) >= 11 is 5.58.